The van der Waals surface area contributed by atoms with Gasteiger partial charge in [0, 0.05) is 6.61 Å². The predicted molar refractivity (Wildman–Crippen MR) is 129 cm³/mol. The van der Waals surface area contributed by atoms with E-state index < -0.39 is 5.60 Å². The quantitative estimate of drug-likeness (QED) is 0.127. The number of hydrogen-bond acceptors (Lipinski definition) is 5. The zero-order chi connectivity index (χ0) is 23.0. The zero-order valence-corrected chi connectivity index (χ0v) is 21.2. The number of rotatable bonds is 23. The van der Waals surface area contributed by atoms with Crippen molar-refractivity contribution in [2.45, 2.75) is 123 Å². The van der Waals surface area contributed by atoms with Crippen LogP contribution in [0.15, 0.2) is 0 Å². The topological polar surface area (TPSA) is 54.0 Å². The van der Waals surface area contributed by atoms with E-state index >= 15 is 0 Å². The van der Waals surface area contributed by atoms with Gasteiger partial charge in [0.2, 0.25) is 0 Å². The summed E-state index contributed by atoms with van der Waals surface area (Å²) in [5, 5.41) is 0. The fraction of sp³-hybridized carbons (Fsp3) is 0.962. The predicted octanol–water partition coefficient (Wildman–Crippen LogP) is 6.86. The van der Waals surface area contributed by atoms with E-state index in [1.807, 2.05) is 20.8 Å². The van der Waals surface area contributed by atoms with Crippen LogP contribution >= 0.6 is 0 Å². The molecule has 0 aromatic carbocycles. The number of carbonyl (C=O) groups excluding carboxylic acids is 1. The molecule has 0 heterocycles. The molecule has 0 saturated carbocycles. The van der Waals surface area contributed by atoms with Crippen molar-refractivity contribution >= 4 is 5.97 Å². The molecule has 0 aliphatic heterocycles. The number of hydrogen-bond donors (Lipinski definition) is 0. The molecule has 0 aromatic rings. The lowest BCUT2D eigenvalue weighted by Crippen LogP contribution is -2.24. The highest BCUT2D eigenvalue weighted by Crippen LogP contribution is 2.12. The molecule has 0 aromatic heterocycles. The largest absolute Gasteiger partial charge is 0.460 e. The highest BCUT2D eigenvalue weighted by atomic mass is 16.6. The molecule has 0 aliphatic rings. The van der Waals surface area contributed by atoms with Crippen molar-refractivity contribution in [3.05, 3.63) is 0 Å². The Labute approximate surface area is 192 Å². The molecule has 0 spiro atoms. The fourth-order valence-electron chi connectivity index (χ4n) is 3.31. The minimum absolute atomic E-state index is 0.227. The average molecular weight is 445 g/mol. The van der Waals surface area contributed by atoms with E-state index in [0.29, 0.717) is 33.0 Å². The SMILES string of the molecule is CCCCCCCCCCCCCCCOCCOCCOCCC(=O)OC(C)(C)C. The Bertz CT molecular complexity index is 378. The third-order valence-electron chi connectivity index (χ3n) is 5.01. The Hall–Kier alpha value is -0.650. The third-order valence-corrected chi connectivity index (χ3v) is 5.01. The lowest BCUT2D eigenvalue weighted by atomic mass is 10.0. The second-order valence-electron chi connectivity index (χ2n) is 9.42. The van der Waals surface area contributed by atoms with E-state index in [1.54, 1.807) is 0 Å². The van der Waals surface area contributed by atoms with Crippen LogP contribution in [0.4, 0.5) is 0 Å². The summed E-state index contributed by atoms with van der Waals surface area (Å²) in [6.45, 7) is 11.3. The highest BCUT2D eigenvalue weighted by Gasteiger charge is 2.15. The van der Waals surface area contributed by atoms with Crippen molar-refractivity contribution in [1.82, 2.24) is 0 Å². The van der Waals surface area contributed by atoms with Gasteiger partial charge in [-0.05, 0) is 27.2 Å². The summed E-state index contributed by atoms with van der Waals surface area (Å²) in [6.07, 6.45) is 18.1. The van der Waals surface area contributed by atoms with Gasteiger partial charge in [-0.15, -0.1) is 0 Å². The van der Waals surface area contributed by atoms with E-state index in [1.165, 1.54) is 77.0 Å². The monoisotopic (exact) mass is 444 g/mol. The van der Waals surface area contributed by atoms with Crippen LogP contribution in [0.3, 0.4) is 0 Å². The van der Waals surface area contributed by atoms with Crippen molar-refractivity contribution < 1.29 is 23.7 Å². The molecule has 31 heavy (non-hydrogen) atoms. The van der Waals surface area contributed by atoms with Crippen molar-refractivity contribution in [3.8, 4) is 0 Å². The minimum Gasteiger partial charge on any atom is -0.460 e. The summed E-state index contributed by atoms with van der Waals surface area (Å²) >= 11 is 0. The maximum absolute atomic E-state index is 11.5. The van der Waals surface area contributed by atoms with Gasteiger partial charge in [0.25, 0.3) is 0 Å². The highest BCUT2D eigenvalue weighted by molar-refractivity contribution is 5.69. The molecule has 0 unspecified atom stereocenters. The van der Waals surface area contributed by atoms with Gasteiger partial charge < -0.3 is 18.9 Å². The molecule has 0 N–H and O–H groups in total. The molecule has 0 amide bonds. The summed E-state index contributed by atoms with van der Waals surface area (Å²) in [5.41, 5.74) is -0.437. The Kier molecular flexibility index (Phi) is 22.1. The van der Waals surface area contributed by atoms with Crippen molar-refractivity contribution in [2.24, 2.45) is 0 Å². The van der Waals surface area contributed by atoms with Gasteiger partial charge in [-0.1, -0.05) is 84.0 Å². The van der Waals surface area contributed by atoms with Crippen LogP contribution in [0.5, 0.6) is 0 Å². The Balaban J connectivity index is 3.10. The average Bonchev–Trinajstić information content (AvgIpc) is 2.70. The second kappa shape index (κ2) is 22.5. The van der Waals surface area contributed by atoms with E-state index in [0.717, 1.165) is 13.0 Å². The lowest BCUT2D eigenvalue weighted by molar-refractivity contribution is -0.156. The van der Waals surface area contributed by atoms with Gasteiger partial charge in [-0.2, -0.15) is 0 Å². The van der Waals surface area contributed by atoms with Gasteiger partial charge in [0.1, 0.15) is 5.60 Å². The Morgan fingerprint density at radius 1 is 0.548 bits per heavy atom. The molecule has 0 aliphatic carbocycles. The Morgan fingerprint density at radius 3 is 1.39 bits per heavy atom. The molecule has 0 fully saturated rings. The van der Waals surface area contributed by atoms with E-state index in [4.69, 9.17) is 18.9 Å². The molecular formula is C26H52O5. The van der Waals surface area contributed by atoms with Crippen LogP contribution in [0.1, 0.15) is 118 Å². The first kappa shape index (κ1) is 30.4. The standard InChI is InChI=1S/C26H52O5/c1-5-6-7-8-9-10-11-12-13-14-15-16-17-19-28-21-23-30-24-22-29-20-18-25(27)31-26(2,3)4/h5-24H2,1-4H3. The third kappa shape index (κ3) is 27.3. The summed E-state index contributed by atoms with van der Waals surface area (Å²) < 4.78 is 21.7. The lowest BCUT2D eigenvalue weighted by Gasteiger charge is -2.19. The molecule has 0 atom stereocenters. The number of unbranched alkanes of at least 4 members (excludes halogenated alkanes) is 12. The maximum atomic E-state index is 11.5. The summed E-state index contributed by atoms with van der Waals surface area (Å²) in [6, 6.07) is 0. The first-order chi connectivity index (χ1) is 15.0. The summed E-state index contributed by atoms with van der Waals surface area (Å²) in [7, 11) is 0. The van der Waals surface area contributed by atoms with Gasteiger partial charge in [-0.25, -0.2) is 0 Å². The molecule has 186 valence electrons. The van der Waals surface area contributed by atoms with E-state index in [2.05, 4.69) is 6.92 Å². The number of esters is 1. The smallest absolute Gasteiger partial charge is 0.308 e. The first-order valence-corrected chi connectivity index (χ1v) is 12.9. The van der Waals surface area contributed by atoms with Crippen LogP contribution in [-0.2, 0) is 23.7 Å². The number of carbonyl (C=O) groups is 1. The zero-order valence-electron chi connectivity index (χ0n) is 21.2. The molecule has 5 nitrogen and oxygen atoms in total. The molecule has 0 bridgehead atoms. The van der Waals surface area contributed by atoms with Crippen LogP contribution in [0.2, 0.25) is 0 Å². The molecule has 5 heteroatoms. The fourth-order valence-corrected chi connectivity index (χ4v) is 3.31. The molecule has 0 saturated heterocycles. The summed E-state index contributed by atoms with van der Waals surface area (Å²) in [4.78, 5) is 11.5. The Morgan fingerprint density at radius 2 is 0.935 bits per heavy atom. The van der Waals surface area contributed by atoms with Crippen molar-refractivity contribution in [1.29, 1.82) is 0 Å². The van der Waals surface area contributed by atoms with Gasteiger partial charge in [0.15, 0.2) is 0 Å². The van der Waals surface area contributed by atoms with Crippen molar-refractivity contribution in [2.75, 3.05) is 39.6 Å². The first-order valence-electron chi connectivity index (χ1n) is 12.9. The molecule has 0 rings (SSSR count). The minimum atomic E-state index is -0.437. The van der Waals surface area contributed by atoms with Crippen molar-refractivity contribution in [3.63, 3.8) is 0 Å². The normalized spacial score (nSPS) is 11.7. The van der Waals surface area contributed by atoms with E-state index in [-0.39, 0.29) is 12.4 Å². The van der Waals surface area contributed by atoms with Crippen LogP contribution in [0.25, 0.3) is 0 Å². The van der Waals surface area contributed by atoms with Gasteiger partial charge >= 0.3 is 5.97 Å². The maximum Gasteiger partial charge on any atom is 0.308 e. The molecule has 0 radical (unpaired) electrons. The van der Waals surface area contributed by atoms with Gasteiger partial charge in [-0.3, -0.25) is 4.79 Å². The van der Waals surface area contributed by atoms with E-state index in [9.17, 15) is 4.79 Å². The second-order valence-corrected chi connectivity index (χ2v) is 9.42. The van der Waals surface area contributed by atoms with Crippen LogP contribution < -0.4 is 0 Å². The number of ether oxygens (including phenoxy) is 4. The van der Waals surface area contributed by atoms with Gasteiger partial charge in [0.05, 0.1) is 39.5 Å². The summed E-state index contributed by atoms with van der Waals surface area (Å²) in [5.74, 6) is -0.227. The molecular weight excluding hydrogens is 392 g/mol. The van der Waals surface area contributed by atoms with Crippen LogP contribution in [-0.4, -0.2) is 51.2 Å². The van der Waals surface area contributed by atoms with Crippen LogP contribution in [0, 0.1) is 0 Å².